The highest BCUT2D eigenvalue weighted by Crippen LogP contribution is 2.31. The number of ether oxygens (including phenoxy) is 2. The summed E-state index contributed by atoms with van der Waals surface area (Å²) in [4.78, 5) is 0. The van der Waals surface area contributed by atoms with Gasteiger partial charge in [0.25, 0.3) is 0 Å². The van der Waals surface area contributed by atoms with E-state index in [9.17, 15) is 0 Å². The number of aromatic nitrogens is 3. The van der Waals surface area contributed by atoms with Gasteiger partial charge in [-0.15, -0.1) is 5.10 Å². The van der Waals surface area contributed by atoms with Crippen molar-refractivity contribution >= 4 is 0 Å². The van der Waals surface area contributed by atoms with Crippen LogP contribution in [0.4, 0.5) is 0 Å². The van der Waals surface area contributed by atoms with Crippen molar-refractivity contribution in [1.82, 2.24) is 15.0 Å². The van der Waals surface area contributed by atoms with E-state index in [0.717, 1.165) is 22.8 Å². The average molecular weight is 248 g/mol. The summed E-state index contributed by atoms with van der Waals surface area (Å²) in [6, 6.07) is 5.55. The van der Waals surface area contributed by atoms with E-state index in [2.05, 4.69) is 10.3 Å². The van der Waals surface area contributed by atoms with Crippen LogP contribution in [0.15, 0.2) is 24.4 Å². The predicted molar refractivity (Wildman–Crippen MR) is 67.6 cm³/mol. The highest BCUT2D eigenvalue weighted by Gasteiger charge is 2.11. The molecule has 0 aliphatic rings. The molecule has 0 saturated heterocycles. The van der Waals surface area contributed by atoms with Crippen LogP contribution in [0, 0.1) is 0 Å². The highest BCUT2D eigenvalue weighted by atomic mass is 16.5. The lowest BCUT2D eigenvalue weighted by Crippen LogP contribution is -2.10. The minimum Gasteiger partial charge on any atom is -0.497 e. The number of rotatable bonds is 5. The maximum atomic E-state index is 5.48. The van der Waals surface area contributed by atoms with Gasteiger partial charge in [0, 0.05) is 12.1 Å². The van der Waals surface area contributed by atoms with Crippen molar-refractivity contribution in [3.63, 3.8) is 0 Å². The molecule has 0 bridgehead atoms. The lowest BCUT2D eigenvalue weighted by atomic mass is 10.1. The normalized spacial score (nSPS) is 10.4. The Bertz CT molecular complexity index is 525. The Morgan fingerprint density at radius 2 is 2.11 bits per heavy atom. The Morgan fingerprint density at radius 1 is 1.28 bits per heavy atom. The zero-order valence-corrected chi connectivity index (χ0v) is 10.5. The summed E-state index contributed by atoms with van der Waals surface area (Å²) in [5, 5.41) is 8.11. The Kier molecular flexibility index (Phi) is 3.78. The molecule has 96 valence electrons. The van der Waals surface area contributed by atoms with E-state index in [-0.39, 0.29) is 0 Å². The summed E-state index contributed by atoms with van der Waals surface area (Å²) in [5.74, 6) is 1.48. The molecule has 2 N–H and O–H groups in total. The van der Waals surface area contributed by atoms with Gasteiger partial charge in [-0.05, 0) is 18.2 Å². The first-order valence-electron chi connectivity index (χ1n) is 5.61. The molecule has 0 unspecified atom stereocenters. The molecule has 0 amide bonds. The second-order valence-electron chi connectivity index (χ2n) is 3.72. The topological polar surface area (TPSA) is 75.2 Å². The third-order valence-electron chi connectivity index (χ3n) is 2.58. The molecule has 1 aromatic carbocycles. The molecular formula is C12H16N4O2. The number of hydrogen-bond donors (Lipinski definition) is 1. The van der Waals surface area contributed by atoms with E-state index >= 15 is 0 Å². The first-order chi connectivity index (χ1) is 8.78. The summed E-state index contributed by atoms with van der Waals surface area (Å²) in [6.07, 6.45) is 1.84. The van der Waals surface area contributed by atoms with E-state index in [0.29, 0.717) is 13.1 Å². The Balaban J connectivity index is 2.40. The number of benzene rings is 1. The maximum Gasteiger partial charge on any atom is 0.128 e. The van der Waals surface area contributed by atoms with E-state index in [1.54, 1.807) is 18.9 Å². The van der Waals surface area contributed by atoms with Crippen molar-refractivity contribution in [2.75, 3.05) is 20.8 Å². The van der Waals surface area contributed by atoms with Crippen molar-refractivity contribution in [1.29, 1.82) is 0 Å². The molecule has 6 nitrogen and oxygen atoms in total. The molecule has 2 rings (SSSR count). The van der Waals surface area contributed by atoms with Crippen LogP contribution in [0.2, 0.25) is 0 Å². The smallest absolute Gasteiger partial charge is 0.128 e. The largest absolute Gasteiger partial charge is 0.497 e. The molecule has 2 aromatic rings. The van der Waals surface area contributed by atoms with Gasteiger partial charge in [0.05, 0.1) is 27.0 Å². The average Bonchev–Trinajstić information content (AvgIpc) is 2.87. The maximum absolute atomic E-state index is 5.48. The molecule has 0 aliphatic heterocycles. The summed E-state index contributed by atoms with van der Waals surface area (Å²) in [7, 11) is 3.24. The Hall–Kier alpha value is -2.08. The zero-order chi connectivity index (χ0) is 13.0. The Labute approximate surface area is 105 Å². The van der Waals surface area contributed by atoms with E-state index < -0.39 is 0 Å². The number of nitrogens with zero attached hydrogens (tertiary/aromatic N) is 3. The minimum atomic E-state index is 0.526. The van der Waals surface area contributed by atoms with Gasteiger partial charge in [0.15, 0.2) is 0 Å². The first kappa shape index (κ1) is 12.4. The second-order valence-corrected chi connectivity index (χ2v) is 3.72. The fourth-order valence-corrected chi connectivity index (χ4v) is 1.68. The van der Waals surface area contributed by atoms with Crippen LogP contribution in [-0.2, 0) is 6.54 Å². The summed E-state index contributed by atoms with van der Waals surface area (Å²) >= 11 is 0. The van der Waals surface area contributed by atoms with Crippen LogP contribution in [-0.4, -0.2) is 35.8 Å². The van der Waals surface area contributed by atoms with Crippen molar-refractivity contribution in [3.8, 4) is 22.8 Å². The third-order valence-corrected chi connectivity index (χ3v) is 2.58. The predicted octanol–water partition coefficient (Wildman–Crippen LogP) is 0.921. The molecule has 18 heavy (non-hydrogen) atoms. The van der Waals surface area contributed by atoms with Gasteiger partial charge < -0.3 is 15.2 Å². The van der Waals surface area contributed by atoms with Gasteiger partial charge in [-0.2, -0.15) is 0 Å². The lowest BCUT2D eigenvalue weighted by molar-refractivity contribution is 0.404. The molecule has 0 spiro atoms. The van der Waals surface area contributed by atoms with Gasteiger partial charge >= 0.3 is 0 Å². The van der Waals surface area contributed by atoms with Crippen LogP contribution in [0.1, 0.15) is 0 Å². The summed E-state index contributed by atoms with van der Waals surface area (Å²) < 4.78 is 12.2. The molecule has 0 fully saturated rings. The van der Waals surface area contributed by atoms with Crippen LogP contribution >= 0.6 is 0 Å². The van der Waals surface area contributed by atoms with Gasteiger partial charge in [-0.1, -0.05) is 5.21 Å². The van der Waals surface area contributed by atoms with Crippen LogP contribution in [0.25, 0.3) is 11.3 Å². The molecule has 1 aromatic heterocycles. The van der Waals surface area contributed by atoms with Crippen LogP contribution in [0.3, 0.4) is 0 Å². The summed E-state index contributed by atoms with van der Waals surface area (Å²) in [6.45, 7) is 1.16. The zero-order valence-electron chi connectivity index (χ0n) is 10.5. The van der Waals surface area contributed by atoms with E-state index in [1.165, 1.54) is 0 Å². The second kappa shape index (κ2) is 5.50. The standard InChI is InChI=1S/C12H16N4O2/c1-17-9-3-4-12(18-2)10(7-9)11-8-16(6-5-13)15-14-11/h3-4,7-8H,5-6,13H2,1-2H3. The van der Waals surface area contributed by atoms with Gasteiger partial charge in [0.2, 0.25) is 0 Å². The van der Waals surface area contributed by atoms with Crippen molar-refractivity contribution < 1.29 is 9.47 Å². The molecule has 0 radical (unpaired) electrons. The Morgan fingerprint density at radius 3 is 2.78 bits per heavy atom. The molecule has 1 heterocycles. The number of nitrogens with two attached hydrogens (primary N) is 1. The molecule has 0 saturated carbocycles. The fraction of sp³-hybridized carbons (Fsp3) is 0.333. The SMILES string of the molecule is COc1ccc(OC)c(-c2cn(CCN)nn2)c1. The van der Waals surface area contributed by atoms with Gasteiger partial charge in [-0.3, -0.25) is 4.68 Å². The molecule has 0 atom stereocenters. The first-order valence-corrected chi connectivity index (χ1v) is 5.61. The quantitative estimate of drug-likeness (QED) is 0.851. The fourth-order valence-electron chi connectivity index (χ4n) is 1.68. The highest BCUT2D eigenvalue weighted by molar-refractivity contribution is 5.68. The van der Waals surface area contributed by atoms with Crippen molar-refractivity contribution in [2.24, 2.45) is 5.73 Å². The van der Waals surface area contributed by atoms with Crippen LogP contribution < -0.4 is 15.2 Å². The van der Waals surface area contributed by atoms with Crippen molar-refractivity contribution in [2.45, 2.75) is 6.54 Å². The third kappa shape index (κ3) is 2.43. The van der Waals surface area contributed by atoms with E-state index in [4.69, 9.17) is 15.2 Å². The minimum absolute atomic E-state index is 0.526. The number of methoxy groups -OCH3 is 2. The number of hydrogen-bond acceptors (Lipinski definition) is 5. The van der Waals surface area contributed by atoms with Crippen molar-refractivity contribution in [3.05, 3.63) is 24.4 Å². The van der Waals surface area contributed by atoms with Crippen LogP contribution in [0.5, 0.6) is 11.5 Å². The lowest BCUT2D eigenvalue weighted by Gasteiger charge is -2.07. The van der Waals surface area contributed by atoms with Gasteiger partial charge in [0.1, 0.15) is 17.2 Å². The van der Waals surface area contributed by atoms with Gasteiger partial charge in [-0.25, -0.2) is 0 Å². The monoisotopic (exact) mass is 248 g/mol. The molecule has 0 aliphatic carbocycles. The van der Waals surface area contributed by atoms with E-state index in [1.807, 2.05) is 24.4 Å². The molecular weight excluding hydrogens is 232 g/mol. The molecule has 6 heteroatoms. The summed E-state index contributed by atoms with van der Waals surface area (Å²) in [5.41, 5.74) is 7.06.